The lowest BCUT2D eigenvalue weighted by atomic mass is 9.89. The number of carbonyl (C=O) groups excluding carboxylic acids is 1. The van der Waals surface area contributed by atoms with Gasteiger partial charge in [-0.2, -0.15) is 0 Å². The van der Waals surface area contributed by atoms with Crippen molar-refractivity contribution in [3.63, 3.8) is 0 Å². The Kier molecular flexibility index (Phi) is 4.65. The lowest BCUT2D eigenvalue weighted by Crippen LogP contribution is -2.19. The maximum absolute atomic E-state index is 12.1. The lowest BCUT2D eigenvalue weighted by molar-refractivity contribution is -0.130. The molecule has 0 amide bonds. The number of methoxy groups -OCH3 is 2. The number of benzene rings is 1. The van der Waals surface area contributed by atoms with E-state index in [0.29, 0.717) is 23.1 Å². The average Bonchev–Trinajstić information content (AvgIpc) is 2.96. The van der Waals surface area contributed by atoms with Gasteiger partial charge in [-0.1, -0.05) is 31.4 Å². The van der Waals surface area contributed by atoms with Gasteiger partial charge in [0.1, 0.15) is 0 Å². The van der Waals surface area contributed by atoms with E-state index >= 15 is 0 Å². The van der Waals surface area contributed by atoms with Crippen molar-refractivity contribution in [3.05, 3.63) is 29.5 Å². The minimum Gasteiger partial charge on any atom is -0.493 e. The first-order valence-corrected chi connectivity index (χ1v) is 7.96. The third-order valence-corrected chi connectivity index (χ3v) is 4.32. The normalized spacial score (nSPS) is 20.3. The molecule has 0 unspecified atom stereocenters. The molecular weight excluding hydrogens is 294 g/mol. The molecule has 1 fully saturated rings. The summed E-state index contributed by atoms with van der Waals surface area (Å²) in [7, 11) is 3.15. The maximum atomic E-state index is 12.1. The standard InChI is InChI=1S/C18H21NO4/c1-21-15-10-6-9-13(16(15)22-2)11-14-18(20)23-17(19-14)12-7-4-3-5-8-12/h6,9-12H,3-5,7-8H2,1-2H3. The van der Waals surface area contributed by atoms with Crippen LogP contribution in [0.4, 0.5) is 0 Å². The van der Waals surface area contributed by atoms with Crippen LogP contribution in [-0.2, 0) is 9.53 Å². The topological polar surface area (TPSA) is 57.1 Å². The Labute approximate surface area is 136 Å². The van der Waals surface area contributed by atoms with Crippen LogP contribution in [0.2, 0.25) is 0 Å². The average molecular weight is 315 g/mol. The van der Waals surface area contributed by atoms with Gasteiger partial charge in [-0.25, -0.2) is 9.79 Å². The summed E-state index contributed by atoms with van der Waals surface area (Å²) in [6.45, 7) is 0. The van der Waals surface area contributed by atoms with Crippen LogP contribution in [0.15, 0.2) is 28.9 Å². The molecular formula is C18H21NO4. The minimum atomic E-state index is -0.393. The molecule has 3 rings (SSSR count). The number of para-hydroxylation sites is 1. The fourth-order valence-corrected chi connectivity index (χ4v) is 3.12. The Morgan fingerprint density at radius 2 is 1.96 bits per heavy atom. The van der Waals surface area contributed by atoms with Crippen molar-refractivity contribution >= 4 is 17.9 Å². The second-order valence-electron chi connectivity index (χ2n) is 5.79. The van der Waals surface area contributed by atoms with Gasteiger partial charge in [-0.15, -0.1) is 0 Å². The van der Waals surface area contributed by atoms with E-state index in [1.165, 1.54) is 19.3 Å². The van der Waals surface area contributed by atoms with Gasteiger partial charge in [-0.05, 0) is 25.0 Å². The van der Waals surface area contributed by atoms with E-state index < -0.39 is 5.97 Å². The summed E-state index contributed by atoms with van der Waals surface area (Å²) < 4.78 is 16.1. The molecule has 5 heteroatoms. The van der Waals surface area contributed by atoms with Crippen LogP contribution in [0.1, 0.15) is 37.7 Å². The fourth-order valence-electron chi connectivity index (χ4n) is 3.12. The molecule has 0 aromatic heterocycles. The fraction of sp³-hybridized carbons (Fsp3) is 0.444. The molecule has 0 N–H and O–H groups in total. The van der Waals surface area contributed by atoms with E-state index in [0.717, 1.165) is 18.4 Å². The highest BCUT2D eigenvalue weighted by atomic mass is 16.6. The molecule has 0 spiro atoms. The first-order chi connectivity index (χ1) is 11.2. The number of aliphatic imine (C=N–C) groups is 1. The van der Waals surface area contributed by atoms with Gasteiger partial charge in [0.25, 0.3) is 0 Å². The van der Waals surface area contributed by atoms with Crippen molar-refractivity contribution in [2.45, 2.75) is 32.1 Å². The van der Waals surface area contributed by atoms with Crippen LogP contribution < -0.4 is 9.47 Å². The zero-order valence-corrected chi connectivity index (χ0v) is 13.5. The molecule has 5 nitrogen and oxygen atoms in total. The van der Waals surface area contributed by atoms with Crippen molar-refractivity contribution in [3.8, 4) is 11.5 Å². The summed E-state index contributed by atoms with van der Waals surface area (Å²) in [5.74, 6) is 1.64. The summed E-state index contributed by atoms with van der Waals surface area (Å²) in [5.41, 5.74) is 1.06. The molecule has 1 aromatic carbocycles. The lowest BCUT2D eigenvalue weighted by Gasteiger charge is -2.19. The predicted molar refractivity (Wildman–Crippen MR) is 87.6 cm³/mol. The summed E-state index contributed by atoms with van der Waals surface area (Å²) in [6, 6.07) is 5.51. The number of cyclic esters (lactones) is 1. The first kappa shape index (κ1) is 15.6. The van der Waals surface area contributed by atoms with Gasteiger partial charge in [0, 0.05) is 11.5 Å². The van der Waals surface area contributed by atoms with Crippen LogP contribution in [0.3, 0.4) is 0 Å². The molecule has 0 saturated heterocycles. The van der Waals surface area contributed by atoms with E-state index in [9.17, 15) is 4.79 Å². The van der Waals surface area contributed by atoms with Crippen molar-refractivity contribution in [1.82, 2.24) is 0 Å². The molecule has 0 radical (unpaired) electrons. The van der Waals surface area contributed by atoms with Gasteiger partial charge >= 0.3 is 5.97 Å². The third kappa shape index (κ3) is 3.23. The number of rotatable bonds is 4. The SMILES string of the molecule is COc1cccc(C=C2N=C(C3CCCCC3)OC2=O)c1OC. The Morgan fingerprint density at radius 1 is 1.17 bits per heavy atom. The summed E-state index contributed by atoms with van der Waals surface area (Å²) in [4.78, 5) is 16.5. The maximum Gasteiger partial charge on any atom is 0.363 e. The van der Waals surface area contributed by atoms with Gasteiger partial charge in [0.15, 0.2) is 17.2 Å². The number of hydrogen-bond donors (Lipinski definition) is 0. The van der Waals surface area contributed by atoms with Gasteiger partial charge < -0.3 is 14.2 Å². The Morgan fingerprint density at radius 3 is 2.65 bits per heavy atom. The third-order valence-electron chi connectivity index (χ3n) is 4.32. The second kappa shape index (κ2) is 6.86. The minimum absolute atomic E-state index is 0.269. The van der Waals surface area contributed by atoms with E-state index in [1.807, 2.05) is 18.2 Å². The van der Waals surface area contributed by atoms with E-state index in [2.05, 4.69) is 4.99 Å². The Hall–Kier alpha value is -2.30. The molecule has 1 aliphatic carbocycles. The molecule has 1 aromatic rings. The Bertz CT molecular complexity index is 657. The van der Waals surface area contributed by atoms with Crippen molar-refractivity contribution in [2.75, 3.05) is 14.2 Å². The van der Waals surface area contributed by atoms with Crippen molar-refractivity contribution in [1.29, 1.82) is 0 Å². The van der Waals surface area contributed by atoms with E-state index in [1.54, 1.807) is 20.3 Å². The second-order valence-corrected chi connectivity index (χ2v) is 5.79. The quantitative estimate of drug-likeness (QED) is 0.629. The molecule has 2 aliphatic rings. The monoisotopic (exact) mass is 315 g/mol. The highest BCUT2D eigenvalue weighted by molar-refractivity contribution is 6.08. The summed E-state index contributed by atoms with van der Waals surface area (Å²) >= 11 is 0. The molecule has 0 bridgehead atoms. The van der Waals surface area contributed by atoms with Gasteiger partial charge in [0.2, 0.25) is 5.90 Å². The van der Waals surface area contributed by atoms with Crippen molar-refractivity contribution in [2.24, 2.45) is 10.9 Å². The highest BCUT2D eigenvalue weighted by Crippen LogP contribution is 2.34. The van der Waals surface area contributed by atoms with Crippen LogP contribution in [0, 0.1) is 5.92 Å². The molecule has 1 aliphatic heterocycles. The first-order valence-electron chi connectivity index (χ1n) is 7.96. The van der Waals surface area contributed by atoms with Crippen LogP contribution in [0.5, 0.6) is 11.5 Å². The molecule has 0 atom stereocenters. The predicted octanol–water partition coefficient (Wildman–Crippen LogP) is 3.58. The van der Waals surface area contributed by atoms with Gasteiger partial charge in [0.05, 0.1) is 14.2 Å². The number of hydrogen-bond acceptors (Lipinski definition) is 5. The number of ether oxygens (including phenoxy) is 3. The largest absolute Gasteiger partial charge is 0.493 e. The van der Waals surface area contributed by atoms with E-state index in [4.69, 9.17) is 14.2 Å². The molecule has 1 heterocycles. The Balaban J connectivity index is 1.90. The smallest absolute Gasteiger partial charge is 0.363 e. The molecule has 122 valence electrons. The van der Waals surface area contributed by atoms with Crippen molar-refractivity contribution < 1.29 is 19.0 Å². The zero-order chi connectivity index (χ0) is 16.2. The molecule has 1 saturated carbocycles. The highest BCUT2D eigenvalue weighted by Gasteiger charge is 2.30. The van der Waals surface area contributed by atoms with Crippen LogP contribution >= 0.6 is 0 Å². The summed E-state index contributed by atoms with van der Waals surface area (Å²) in [6.07, 6.45) is 7.37. The number of nitrogens with zero attached hydrogens (tertiary/aromatic N) is 1. The van der Waals surface area contributed by atoms with Gasteiger partial charge in [-0.3, -0.25) is 0 Å². The number of carbonyl (C=O) groups is 1. The van der Waals surface area contributed by atoms with Crippen LogP contribution in [-0.4, -0.2) is 26.1 Å². The van der Waals surface area contributed by atoms with E-state index in [-0.39, 0.29) is 5.92 Å². The molecule has 23 heavy (non-hydrogen) atoms. The van der Waals surface area contributed by atoms with Crippen LogP contribution in [0.25, 0.3) is 6.08 Å². The zero-order valence-electron chi connectivity index (χ0n) is 13.5. The number of esters is 1. The summed E-state index contributed by atoms with van der Waals surface area (Å²) in [5, 5.41) is 0.